The van der Waals surface area contributed by atoms with E-state index >= 15 is 0 Å². The van der Waals surface area contributed by atoms with Gasteiger partial charge in [0.15, 0.2) is 0 Å². The zero-order valence-electron chi connectivity index (χ0n) is 13.4. The molecule has 0 unspecified atom stereocenters. The van der Waals surface area contributed by atoms with Crippen LogP contribution in [0.4, 0.5) is 0 Å². The topological polar surface area (TPSA) is 33.1 Å². The first-order valence-electron chi connectivity index (χ1n) is 8.27. The van der Waals surface area contributed by atoms with E-state index in [4.69, 9.17) is 0 Å². The lowest BCUT2D eigenvalue weighted by molar-refractivity contribution is 0.199. The molecule has 4 heteroatoms. The Morgan fingerprint density at radius 3 is 2.78 bits per heavy atom. The van der Waals surface area contributed by atoms with E-state index in [0.717, 1.165) is 42.9 Å². The molecule has 0 amide bonds. The summed E-state index contributed by atoms with van der Waals surface area (Å²) in [7, 11) is 0. The summed E-state index contributed by atoms with van der Waals surface area (Å²) in [5, 5.41) is 3.49. The van der Waals surface area contributed by atoms with Crippen LogP contribution < -0.4 is 5.32 Å². The van der Waals surface area contributed by atoms with Crippen LogP contribution in [0.15, 0.2) is 54.9 Å². The Labute approximate surface area is 136 Å². The molecule has 0 spiro atoms. The van der Waals surface area contributed by atoms with E-state index in [1.165, 1.54) is 5.56 Å². The number of nitrogens with zero attached hydrogens (tertiary/aromatic N) is 3. The molecular formula is C19H22N4. The lowest BCUT2D eigenvalue weighted by Crippen LogP contribution is -2.48. The van der Waals surface area contributed by atoms with Gasteiger partial charge >= 0.3 is 0 Å². The second-order valence-corrected chi connectivity index (χ2v) is 6.36. The van der Waals surface area contributed by atoms with Crippen LogP contribution in [-0.4, -0.2) is 40.1 Å². The number of aromatic nitrogens is 2. The van der Waals surface area contributed by atoms with E-state index in [9.17, 15) is 0 Å². The van der Waals surface area contributed by atoms with E-state index in [2.05, 4.69) is 63.1 Å². The number of imidazole rings is 1. The number of nitrogens with one attached hydrogen (secondary N) is 1. The predicted molar refractivity (Wildman–Crippen MR) is 93.8 cm³/mol. The number of piperazine rings is 1. The zero-order valence-corrected chi connectivity index (χ0v) is 13.4. The third-order valence-corrected chi connectivity index (χ3v) is 4.53. The molecule has 1 aliphatic rings. The number of hydrogen-bond acceptors (Lipinski definition) is 3. The van der Waals surface area contributed by atoms with Crippen molar-refractivity contribution in [2.24, 2.45) is 0 Å². The number of fused-ring (bicyclic) bond motifs is 1. The Morgan fingerprint density at radius 1 is 1.13 bits per heavy atom. The minimum absolute atomic E-state index is 0.584. The normalized spacial score (nSPS) is 19.3. The highest BCUT2D eigenvalue weighted by Gasteiger charge is 2.15. The summed E-state index contributed by atoms with van der Waals surface area (Å²) in [5.74, 6) is 0. The van der Waals surface area contributed by atoms with Crippen molar-refractivity contribution in [3.63, 3.8) is 0 Å². The molecule has 23 heavy (non-hydrogen) atoms. The molecule has 0 saturated carbocycles. The molecule has 1 aliphatic heterocycles. The van der Waals surface area contributed by atoms with Crippen molar-refractivity contribution in [3.05, 3.63) is 60.4 Å². The highest BCUT2D eigenvalue weighted by Crippen LogP contribution is 2.19. The van der Waals surface area contributed by atoms with E-state index in [1.54, 1.807) is 0 Å². The Morgan fingerprint density at radius 2 is 1.96 bits per heavy atom. The Balaban J connectivity index is 1.54. The lowest BCUT2D eigenvalue weighted by atomic mass is 10.1. The third kappa shape index (κ3) is 3.00. The molecule has 2 aromatic carbocycles. The molecule has 0 bridgehead atoms. The highest BCUT2D eigenvalue weighted by atomic mass is 15.2. The number of para-hydroxylation sites is 2. The molecule has 4 rings (SSSR count). The number of hydrogen-bond donors (Lipinski definition) is 1. The quantitative estimate of drug-likeness (QED) is 0.808. The fourth-order valence-electron chi connectivity index (χ4n) is 3.34. The Hall–Kier alpha value is -2.17. The average Bonchev–Trinajstić information content (AvgIpc) is 3.00. The monoisotopic (exact) mass is 306 g/mol. The van der Waals surface area contributed by atoms with Crippen LogP contribution in [0.1, 0.15) is 12.5 Å². The first kappa shape index (κ1) is 14.4. The van der Waals surface area contributed by atoms with E-state index in [0.29, 0.717) is 6.04 Å². The molecule has 118 valence electrons. The third-order valence-electron chi connectivity index (χ3n) is 4.53. The molecule has 1 atom stereocenters. The minimum Gasteiger partial charge on any atom is -0.312 e. The van der Waals surface area contributed by atoms with Crippen molar-refractivity contribution in [1.29, 1.82) is 0 Å². The molecule has 1 fully saturated rings. The summed E-state index contributed by atoms with van der Waals surface area (Å²) in [4.78, 5) is 6.98. The van der Waals surface area contributed by atoms with Gasteiger partial charge in [0.1, 0.15) is 6.33 Å². The van der Waals surface area contributed by atoms with Crippen LogP contribution in [0, 0.1) is 0 Å². The van der Waals surface area contributed by atoms with Crippen LogP contribution in [0.3, 0.4) is 0 Å². The van der Waals surface area contributed by atoms with Crippen LogP contribution in [0.5, 0.6) is 0 Å². The molecule has 2 heterocycles. The number of benzene rings is 2. The van der Waals surface area contributed by atoms with Crippen molar-refractivity contribution in [2.75, 3.05) is 19.6 Å². The Kier molecular flexibility index (Phi) is 3.85. The average molecular weight is 306 g/mol. The SMILES string of the molecule is C[C@@H]1CN(Cc2ccc(-n3cnc4ccccc43)cc2)CCN1. The lowest BCUT2D eigenvalue weighted by Gasteiger charge is -2.31. The van der Waals surface area contributed by atoms with Crippen LogP contribution in [-0.2, 0) is 6.54 Å². The summed E-state index contributed by atoms with van der Waals surface area (Å²) < 4.78 is 2.14. The largest absolute Gasteiger partial charge is 0.312 e. The zero-order chi connectivity index (χ0) is 15.6. The van der Waals surface area contributed by atoms with Crippen molar-refractivity contribution in [2.45, 2.75) is 19.5 Å². The summed E-state index contributed by atoms with van der Waals surface area (Å²) in [6.45, 7) is 6.60. The number of rotatable bonds is 3. The van der Waals surface area contributed by atoms with Gasteiger partial charge in [0, 0.05) is 37.9 Å². The molecular weight excluding hydrogens is 284 g/mol. The van der Waals surface area contributed by atoms with Crippen molar-refractivity contribution in [1.82, 2.24) is 19.8 Å². The van der Waals surface area contributed by atoms with Gasteiger partial charge in [-0.05, 0) is 36.8 Å². The summed E-state index contributed by atoms with van der Waals surface area (Å²) in [6, 6.07) is 17.7. The van der Waals surface area contributed by atoms with Gasteiger partial charge < -0.3 is 5.32 Å². The highest BCUT2D eigenvalue weighted by molar-refractivity contribution is 5.77. The molecule has 1 aromatic heterocycles. The van der Waals surface area contributed by atoms with Crippen LogP contribution in [0.25, 0.3) is 16.7 Å². The van der Waals surface area contributed by atoms with Gasteiger partial charge in [-0.2, -0.15) is 0 Å². The van der Waals surface area contributed by atoms with Crippen molar-refractivity contribution in [3.8, 4) is 5.69 Å². The van der Waals surface area contributed by atoms with Crippen molar-refractivity contribution >= 4 is 11.0 Å². The van der Waals surface area contributed by atoms with Gasteiger partial charge in [0.25, 0.3) is 0 Å². The van der Waals surface area contributed by atoms with Gasteiger partial charge in [0.2, 0.25) is 0 Å². The maximum absolute atomic E-state index is 4.47. The fourth-order valence-corrected chi connectivity index (χ4v) is 3.34. The second-order valence-electron chi connectivity index (χ2n) is 6.36. The molecule has 0 aliphatic carbocycles. The molecule has 3 aromatic rings. The van der Waals surface area contributed by atoms with Gasteiger partial charge in [0.05, 0.1) is 11.0 Å². The summed E-state index contributed by atoms with van der Waals surface area (Å²) >= 11 is 0. The molecule has 4 nitrogen and oxygen atoms in total. The molecule has 1 saturated heterocycles. The maximum Gasteiger partial charge on any atom is 0.100 e. The van der Waals surface area contributed by atoms with Crippen molar-refractivity contribution < 1.29 is 0 Å². The van der Waals surface area contributed by atoms with Gasteiger partial charge in [-0.25, -0.2) is 4.98 Å². The second kappa shape index (κ2) is 6.14. The summed E-state index contributed by atoms with van der Waals surface area (Å²) in [6.07, 6.45) is 1.90. The maximum atomic E-state index is 4.47. The van der Waals surface area contributed by atoms with Gasteiger partial charge in [-0.1, -0.05) is 24.3 Å². The van der Waals surface area contributed by atoms with E-state index in [1.807, 2.05) is 18.5 Å². The summed E-state index contributed by atoms with van der Waals surface area (Å²) in [5.41, 5.74) is 4.71. The van der Waals surface area contributed by atoms with E-state index < -0.39 is 0 Å². The predicted octanol–water partition coefficient (Wildman–Crippen LogP) is 2.82. The fraction of sp³-hybridized carbons (Fsp3) is 0.316. The molecule has 1 N–H and O–H groups in total. The van der Waals surface area contributed by atoms with Crippen LogP contribution in [0.2, 0.25) is 0 Å². The minimum atomic E-state index is 0.584. The van der Waals surface area contributed by atoms with Gasteiger partial charge in [-0.3, -0.25) is 9.47 Å². The first-order chi connectivity index (χ1) is 11.3. The first-order valence-corrected chi connectivity index (χ1v) is 8.27. The smallest absolute Gasteiger partial charge is 0.100 e. The standard InChI is InChI=1S/C19H22N4/c1-15-12-22(11-10-20-15)13-16-6-8-17(9-7-16)23-14-21-18-4-2-3-5-19(18)23/h2-9,14-15,20H,10-13H2,1H3/t15-/m1/s1. The molecule has 0 radical (unpaired) electrons. The Bertz CT molecular complexity index is 790. The van der Waals surface area contributed by atoms with Crippen LogP contribution >= 0.6 is 0 Å². The van der Waals surface area contributed by atoms with E-state index in [-0.39, 0.29) is 0 Å². The van der Waals surface area contributed by atoms with Gasteiger partial charge in [-0.15, -0.1) is 0 Å².